The molecule has 11 heteroatoms. The summed E-state index contributed by atoms with van der Waals surface area (Å²) >= 11 is 6.80. The Bertz CT molecular complexity index is 1720. The topological polar surface area (TPSA) is 134 Å². The monoisotopic (exact) mass is 632 g/mol. The van der Waals surface area contributed by atoms with Gasteiger partial charge in [-0.15, -0.1) is 0 Å². The van der Waals surface area contributed by atoms with Gasteiger partial charge < -0.3 is 25.5 Å². The number of nitrogens with one attached hydrogen (secondary N) is 3. The van der Waals surface area contributed by atoms with E-state index in [0.717, 1.165) is 35.9 Å². The first-order valence-electron chi connectivity index (χ1n) is 15.5. The van der Waals surface area contributed by atoms with Crippen molar-refractivity contribution in [3.63, 3.8) is 0 Å². The minimum absolute atomic E-state index is 0.0981. The zero-order valence-electron chi connectivity index (χ0n) is 26.2. The van der Waals surface area contributed by atoms with Crippen molar-refractivity contribution in [2.45, 2.75) is 68.9 Å². The molecule has 3 atom stereocenters. The first kappa shape index (κ1) is 31.3. The number of imidazole rings is 1. The lowest BCUT2D eigenvalue weighted by Gasteiger charge is -2.38. The third kappa shape index (κ3) is 5.98. The van der Waals surface area contributed by atoms with E-state index < -0.39 is 17.1 Å². The molecule has 45 heavy (non-hydrogen) atoms. The number of carbonyl (C=O) groups is 2. The first-order valence-corrected chi connectivity index (χ1v) is 15.9. The quantitative estimate of drug-likeness (QED) is 0.175. The molecule has 0 spiro atoms. The predicted octanol–water partition coefficient (Wildman–Crippen LogP) is 4.94. The van der Waals surface area contributed by atoms with Gasteiger partial charge in [-0.3, -0.25) is 14.3 Å². The highest BCUT2D eigenvalue weighted by Gasteiger charge is 2.51. The number of carbonyl (C=O) groups excluding carboxylic acids is 2. The zero-order valence-corrected chi connectivity index (χ0v) is 26.9. The number of H-pyrrole nitrogens is 1. The molecule has 0 bridgehead atoms. The molecule has 0 saturated heterocycles. The first-order chi connectivity index (χ1) is 21.5. The molecular weight excluding hydrogens is 592 g/mol. The summed E-state index contributed by atoms with van der Waals surface area (Å²) in [6.07, 6.45) is 5.90. The molecule has 2 fully saturated rings. The highest BCUT2D eigenvalue weighted by atomic mass is 35.5. The smallest absolute Gasteiger partial charge is 0.270 e. The van der Waals surface area contributed by atoms with Crippen molar-refractivity contribution in [1.29, 1.82) is 0 Å². The van der Waals surface area contributed by atoms with E-state index in [1.165, 1.54) is 0 Å². The van der Waals surface area contributed by atoms with Crippen LogP contribution in [0.25, 0.3) is 11.0 Å². The second-order valence-corrected chi connectivity index (χ2v) is 13.7. The van der Waals surface area contributed by atoms with Crippen molar-refractivity contribution in [2.24, 2.45) is 12.5 Å². The number of nitrogens with zero attached hydrogens (tertiary/aromatic N) is 3. The molecule has 6 rings (SSSR count). The molecule has 2 heterocycles. The molecule has 0 aliphatic heterocycles. The largest absolute Gasteiger partial charge is 0.388 e. The summed E-state index contributed by atoms with van der Waals surface area (Å²) < 4.78 is 7.06. The molecule has 4 N–H and O–H groups in total. The summed E-state index contributed by atoms with van der Waals surface area (Å²) in [5, 5.41) is 21.6. The summed E-state index contributed by atoms with van der Waals surface area (Å²) in [5.41, 5.74) is 1.61. The zero-order chi connectivity index (χ0) is 32.0. The number of hydrogen-bond acceptors (Lipinski definition) is 6. The number of ether oxygens (including phenoxy) is 1. The van der Waals surface area contributed by atoms with E-state index in [-0.39, 0.29) is 36.3 Å². The van der Waals surface area contributed by atoms with Crippen LogP contribution in [0.15, 0.2) is 54.7 Å². The van der Waals surface area contributed by atoms with Crippen LogP contribution < -0.4 is 10.6 Å². The third-order valence-corrected chi connectivity index (χ3v) is 10.3. The summed E-state index contributed by atoms with van der Waals surface area (Å²) in [7, 11) is 3.30. The van der Waals surface area contributed by atoms with Crippen LogP contribution >= 0.6 is 11.6 Å². The fourth-order valence-corrected chi connectivity index (χ4v) is 6.85. The number of aromatic nitrogens is 4. The van der Waals surface area contributed by atoms with Crippen LogP contribution in [0.3, 0.4) is 0 Å². The molecule has 2 amide bonds. The van der Waals surface area contributed by atoms with Crippen LogP contribution in [0.2, 0.25) is 5.02 Å². The lowest BCUT2D eigenvalue weighted by atomic mass is 9.78. The minimum Gasteiger partial charge on any atom is -0.388 e. The van der Waals surface area contributed by atoms with Gasteiger partial charge in [0.1, 0.15) is 11.5 Å². The Hall–Kier alpha value is -3.73. The molecule has 4 aromatic rings. The van der Waals surface area contributed by atoms with Crippen molar-refractivity contribution in [3.05, 3.63) is 82.4 Å². The number of methoxy groups -OCH3 is 1. The average molecular weight is 633 g/mol. The number of hydrogen-bond donors (Lipinski definition) is 4. The van der Waals surface area contributed by atoms with Gasteiger partial charge in [-0.25, -0.2) is 4.98 Å². The second-order valence-electron chi connectivity index (χ2n) is 13.3. The van der Waals surface area contributed by atoms with Crippen LogP contribution in [0.5, 0.6) is 0 Å². The van der Waals surface area contributed by atoms with Crippen LogP contribution in [-0.2, 0) is 22.0 Å². The Kier molecular flexibility index (Phi) is 8.26. The van der Waals surface area contributed by atoms with Gasteiger partial charge in [0.15, 0.2) is 0 Å². The van der Waals surface area contributed by atoms with E-state index in [9.17, 15) is 14.7 Å². The van der Waals surface area contributed by atoms with Gasteiger partial charge in [-0.1, -0.05) is 42.8 Å². The van der Waals surface area contributed by atoms with Crippen molar-refractivity contribution in [2.75, 3.05) is 20.3 Å². The van der Waals surface area contributed by atoms with E-state index >= 15 is 0 Å². The number of aryl methyl sites for hydroxylation is 1. The lowest BCUT2D eigenvalue weighted by molar-refractivity contribution is -0.130. The van der Waals surface area contributed by atoms with Crippen LogP contribution in [-0.4, -0.2) is 62.5 Å². The fourth-order valence-electron chi connectivity index (χ4n) is 6.60. The molecule has 1 unspecified atom stereocenters. The van der Waals surface area contributed by atoms with E-state index in [4.69, 9.17) is 21.3 Å². The van der Waals surface area contributed by atoms with Crippen LogP contribution in [0.1, 0.15) is 85.4 Å². The van der Waals surface area contributed by atoms with Crippen molar-refractivity contribution in [3.8, 4) is 0 Å². The summed E-state index contributed by atoms with van der Waals surface area (Å²) in [6.45, 7) is 4.42. The molecule has 10 nitrogen and oxygen atoms in total. The number of halogens is 1. The summed E-state index contributed by atoms with van der Waals surface area (Å²) in [5.74, 6) is -0.0486. The fraction of sp³-hybridized carbons (Fsp3) is 0.471. The predicted molar refractivity (Wildman–Crippen MR) is 172 cm³/mol. The Balaban J connectivity index is 1.39. The van der Waals surface area contributed by atoms with E-state index in [0.29, 0.717) is 34.9 Å². The third-order valence-electron chi connectivity index (χ3n) is 9.93. The summed E-state index contributed by atoms with van der Waals surface area (Å²) in [6, 6.07) is 14.6. The Morgan fingerprint density at radius 3 is 2.56 bits per heavy atom. The number of amides is 2. The van der Waals surface area contributed by atoms with Gasteiger partial charge >= 0.3 is 0 Å². The number of aliphatic hydroxyl groups is 1. The van der Waals surface area contributed by atoms with Gasteiger partial charge in [0.25, 0.3) is 5.91 Å². The van der Waals surface area contributed by atoms with Crippen molar-refractivity contribution >= 4 is 34.4 Å². The van der Waals surface area contributed by atoms with Crippen LogP contribution in [0, 0.1) is 5.41 Å². The molecule has 2 aliphatic carbocycles. The summed E-state index contributed by atoms with van der Waals surface area (Å²) in [4.78, 5) is 35.7. The van der Waals surface area contributed by atoms with Gasteiger partial charge in [0, 0.05) is 37.8 Å². The maximum absolute atomic E-state index is 13.7. The number of aromatic amines is 1. The van der Waals surface area contributed by atoms with E-state index in [1.807, 2.05) is 49.4 Å². The van der Waals surface area contributed by atoms with Crippen LogP contribution in [0.4, 0.5) is 0 Å². The molecule has 2 saturated carbocycles. The molecule has 238 valence electrons. The van der Waals surface area contributed by atoms with E-state index in [2.05, 4.69) is 27.6 Å². The molecular formula is C34H41ClN6O4. The van der Waals surface area contributed by atoms with Gasteiger partial charge in [0.05, 0.1) is 34.7 Å². The van der Waals surface area contributed by atoms with Gasteiger partial charge in [-0.2, -0.15) is 5.10 Å². The molecule has 2 aromatic carbocycles. The molecule has 2 aliphatic rings. The second kappa shape index (κ2) is 11.9. The van der Waals surface area contributed by atoms with Crippen molar-refractivity contribution < 1.29 is 19.4 Å². The van der Waals surface area contributed by atoms with E-state index in [1.54, 1.807) is 31.1 Å². The number of rotatable bonds is 12. The van der Waals surface area contributed by atoms with Gasteiger partial charge in [-0.05, 0) is 79.8 Å². The maximum Gasteiger partial charge on any atom is 0.270 e. The number of fused-ring (bicyclic) bond motifs is 1. The average Bonchev–Trinajstić information content (AvgIpc) is 3.37. The highest BCUT2D eigenvalue weighted by molar-refractivity contribution is 6.31. The minimum atomic E-state index is -1.02. The Morgan fingerprint density at radius 1 is 1.18 bits per heavy atom. The standard InChI is InChI=1S/C34H41ClN6O4/c1-32(15-16-32)27(22-8-5-6-9-23(22)35)28(40-30(42)26-12-17-37-41(26)3)29-38-24-11-10-21(18-25(24)39-29)33(2,20-45-4)31(43)36-19-34(44)13-7-14-34/h5-6,8-12,17-18,27-28,44H,7,13-16,19-20H2,1-4H3,(H,36,43)(H,38,39)(H,40,42)/t27-,28-,33?/m0/s1. The number of benzene rings is 2. The Morgan fingerprint density at radius 2 is 1.93 bits per heavy atom. The SMILES string of the molecule is COCC(C)(C(=O)NCC1(O)CCC1)c1ccc2[nH]c([C@@H](NC(=O)c3ccnn3C)[C@H](c3ccccc3Cl)C3(C)CC3)nc2c1. The van der Waals surface area contributed by atoms with Crippen molar-refractivity contribution in [1.82, 2.24) is 30.4 Å². The lowest BCUT2D eigenvalue weighted by Crippen LogP contribution is -2.53. The van der Waals surface area contributed by atoms with Gasteiger partial charge in [0.2, 0.25) is 5.91 Å². The normalized spacial score (nSPS) is 19.2. The highest BCUT2D eigenvalue weighted by Crippen LogP contribution is 2.60. The maximum atomic E-state index is 13.7. The molecule has 2 aromatic heterocycles. The Labute approximate surface area is 267 Å². The molecule has 0 radical (unpaired) electrons.